The summed E-state index contributed by atoms with van der Waals surface area (Å²) in [5.41, 5.74) is -0.858. The van der Waals surface area contributed by atoms with Gasteiger partial charge in [0.25, 0.3) is 0 Å². The Bertz CT molecular complexity index is 332. The Kier molecular flexibility index (Phi) is 3.72. The standard InChI is InChI=1S/C9H17NO4S/c1-2-15(13,14)7-6-10-9(8(11)12)4-3-5-9/h10H,2-7H2,1H3,(H,11,12). The molecule has 0 aromatic heterocycles. The van der Waals surface area contributed by atoms with E-state index in [0.29, 0.717) is 12.8 Å². The van der Waals surface area contributed by atoms with Gasteiger partial charge in [-0.05, 0) is 19.3 Å². The Morgan fingerprint density at radius 2 is 2.07 bits per heavy atom. The van der Waals surface area contributed by atoms with E-state index >= 15 is 0 Å². The van der Waals surface area contributed by atoms with E-state index in [4.69, 9.17) is 5.11 Å². The summed E-state index contributed by atoms with van der Waals surface area (Å²) in [6.45, 7) is 1.81. The van der Waals surface area contributed by atoms with Crippen molar-refractivity contribution in [1.29, 1.82) is 0 Å². The first kappa shape index (κ1) is 12.4. The van der Waals surface area contributed by atoms with E-state index in [-0.39, 0.29) is 18.1 Å². The van der Waals surface area contributed by atoms with E-state index in [1.54, 1.807) is 6.92 Å². The first-order valence-electron chi connectivity index (χ1n) is 5.11. The van der Waals surface area contributed by atoms with Gasteiger partial charge in [-0.1, -0.05) is 6.92 Å². The van der Waals surface area contributed by atoms with Crippen molar-refractivity contribution >= 4 is 15.8 Å². The number of nitrogens with one attached hydrogen (secondary N) is 1. The lowest BCUT2D eigenvalue weighted by molar-refractivity contribution is -0.148. The van der Waals surface area contributed by atoms with Gasteiger partial charge in [-0.3, -0.25) is 4.79 Å². The van der Waals surface area contributed by atoms with Crippen LogP contribution in [0.4, 0.5) is 0 Å². The fourth-order valence-corrected chi connectivity index (χ4v) is 2.29. The van der Waals surface area contributed by atoms with Gasteiger partial charge in [-0.15, -0.1) is 0 Å². The molecule has 0 atom stereocenters. The third-order valence-corrected chi connectivity index (χ3v) is 4.64. The van der Waals surface area contributed by atoms with Crippen molar-refractivity contribution in [1.82, 2.24) is 5.32 Å². The van der Waals surface area contributed by atoms with Crippen LogP contribution in [0, 0.1) is 0 Å². The van der Waals surface area contributed by atoms with Gasteiger partial charge in [0.1, 0.15) is 5.54 Å². The van der Waals surface area contributed by atoms with Gasteiger partial charge in [0.2, 0.25) is 0 Å². The van der Waals surface area contributed by atoms with Crippen molar-refractivity contribution < 1.29 is 18.3 Å². The lowest BCUT2D eigenvalue weighted by Crippen LogP contribution is -2.58. The first-order chi connectivity index (χ1) is 6.92. The van der Waals surface area contributed by atoms with E-state index in [9.17, 15) is 13.2 Å². The highest BCUT2D eigenvalue weighted by atomic mass is 32.2. The molecule has 0 aromatic carbocycles. The second-order valence-corrected chi connectivity index (χ2v) is 6.38. The van der Waals surface area contributed by atoms with Crippen molar-refractivity contribution in [2.24, 2.45) is 0 Å². The summed E-state index contributed by atoms with van der Waals surface area (Å²) in [4.78, 5) is 10.9. The predicted molar refractivity (Wildman–Crippen MR) is 56.5 cm³/mol. The molecular weight excluding hydrogens is 218 g/mol. The lowest BCUT2D eigenvalue weighted by Gasteiger charge is -2.38. The summed E-state index contributed by atoms with van der Waals surface area (Å²) in [5.74, 6) is -0.754. The predicted octanol–water partition coefficient (Wildman–Crippen LogP) is 0.0180. The molecule has 15 heavy (non-hydrogen) atoms. The molecular formula is C9H17NO4S. The summed E-state index contributed by atoms with van der Waals surface area (Å²) >= 11 is 0. The maximum atomic E-state index is 11.2. The minimum absolute atomic E-state index is 0.0124. The number of carbonyl (C=O) groups is 1. The topological polar surface area (TPSA) is 83.5 Å². The van der Waals surface area contributed by atoms with E-state index in [1.165, 1.54) is 0 Å². The second-order valence-electron chi connectivity index (χ2n) is 3.90. The van der Waals surface area contributed by atoms with Crippen LogP contribution in [0.3, 0.4) is 0 Å². The molecule has 1 aliphatic rings. The fraction of sp³-hybridized carbons (Fsp3) is 0.889. The van der Waals surface area contributed by atoms with E-state index < -0.39 is 21.3 Å². The first-order valence-corrected chi connectivity index (χ1v) is 6.93. The number of hydrogen-bond acceptors (Lipinski definition) is 4. The van der Waals surface area contributed by atoms with Gasteiger partial charge in [0.05, 0.1) is 5.75 Å². The van der Waals surface area contributed by atoms with Crippen molar-refractivity contribution in [2.75, 3.05) is 18.1 Å². The molecule has 6 heteroatoms. The highest BCUT2D eigenvalue weighted by Crippen LogP contribution is 2.31. The number of aliphatic carboxylic acids is 1. The van der Waals surface area contributed by atoms with Crippen LogP contribution < -0.4 is 5.32 Å². The quantitative estimate of drug-likeness (QED) is 0.678. The van der Waals surface area contributed by atoms with Crippen molar-refractivity contribution in [3.05, 3.63) is 0 Å². The molecule has 0 saturated heterocycles. The van der Waals surface area contributed by atoms with Crippen LogP contribution in [0.25, 0.3) is 0 Å². The number of carboxylic acids is 1. The minimum Gasteiger partial charge on any atom is -0.480 e. The lowest BCUT2D eigenvalue weighted by atomic mass is 9.77. The third-order valence-electron chi connectivity index (χ3n) is 2.93. The van der Waals surface area contributed by atoms with E-state index in [2.05, 4.69) is 5.32 Å². The number of carboxylic acid groups (broad SMARTS) is 1. The van der Waals surface area contributed by atoms with Crippen molar-refractivity contribution in [3.8, 4) is 0 Å². The second kappa shape index (κ2) is 4.49. The van der Waals surface area contributed by atoms with Gasteiger partial charge in [-0.2, -0.15) is 0 Å². The highest BCUT2D eigenvalue weighted by molar-refractivity contribution is 7.91. The molecule has 0 bridgehead atoms. The van der Waals surface area contributed by atoms with Gasteiger partial charge in [0, 0.05) is 12.3 Å². The number of sulfone groups is 1. The molecule has 1 aliphatic carbocycles. The smallest absolute Gasteiger partial charge is 0.323 e. The van der Waals surface area contributed by atoms with E-state index in [0.717, 1.165) is 6.42 Å². The molecule has 1 rings (SSSR count). The fourth-order valence-electron chi connectivity index (χ4n) is 1.59. The van der Waals surface area contributed by atoms with Crippen LogP contribution in [0.5, 0.6) is 0 Å². The van der Waals surface area contributed by atoms with Crippen LogP contribution in [0.15, 0.2) is 0 Å². The normalized spacial score (nSPS) is 19.5. The van der Waals surface area contributed by atoms with Gasteiger partial charge < -0.3 is 10.4 Å². The molecule has 5 nitrogen and oxygen atoms in total. The van der Waals surface area contributed by atoms with Crippen LogP contribution in [-0.4, -0.2) is 43.1 Å². The van der Waals surface area contributed by atoms with Gasteiger partial charge in [0.15, 0.2) is 9.84 Å². The average Bonchev–Trinajstić information content (AvgIpc) is 2.09. The largest absolute Gasteiger partial charge is 0.480 e. The van der Waals surface area contributed by atoms with Crippen LogP contribution in [0.2, 0.25) is 0 Å². The minimum atomic E-state index is -3.01. The Morgan fingerprint density at radius 3 is 2.40 bits per heavy atom. The molecule has 0 aromatic rings. The zero-order chi connectivity index (χ0) is 11.5. The van der Waals surface area contributed by atoms with Crippen molar-refractivity contribution in [3.63, 3.8) is 0 Å². The Balaban J connectivity index is 2.40. The summed E-state index contributed by atoms with van der Waals surface area (Å²) in [6, 6.07) is 0. The van der Waals surface area contributed by atoms with Gasteiger partial charge >= 0.3 is 5.97 Å². The average molecular weight is 235 g/mol. The van der Waals surface area contributed by atoms with Crippen LogP contribution >= 0.6 is 0 Å². The molecule has 0 spiro atoms. The van der Waals surface area contributed by atoms with Crippen LogP contribution in [-0.2, 0) is 14.6 Å². The molecule has 2 N–H and O–H groups in total. The monoisotopic (exact) mass is 235 g/mol. The Hall–Kier alpha value is -0.620. The molecule has 0 radical (unpaired) electrons. The van der Waals surface area contributed by atoms with Crippen LogP contribution in [0.1, 0.15) is 26.2 Å². The number of hydrogen-bond donors (Lipinski definition) is 2. The molecule has 0 aliphatic heterocycles. The third kappa shape index (κ3) is 2.92. The number of rotatable bonds is 6. The molecule has 0 heterocycles. The SMILES string of the molecule is CCS(=O)(=O)CCNC1(C(=O)O)CCC1. The Labute approximate surface area is 89.8 Å². The van der Waals surface area contributed by atoms with E-state index in [1.807, 2.05) is 0 Å². The molecule has 88 valence electrons. The molecule has 0 unspecified atom stereocenters. The Morgan fingerprint density at radius 1 is 1.47 bits per heavy atom. The summed E-state index contributed by atoms with van der Waals surface area (Å²) in [6.07, 6.45) is 2.07. The molecule has 1 saturated carbocycles. The molecule has 1 fully saturated rings. The highest BCUT2D eigenvalue weighted by Gasteiger charge is 2.43. The maximum absolute atomic E-state index is 11.2. The van der Waals surface area contributed by atoms with Crippen molar-refractivity contribution in [2.45, 2.75) is 31.7 Å². The summed E-state index contributed by atoms with van der Waals surface area (Å²) in [5, 5.41) is 11.8. The summed E-state index contributed by atoms with van der Waals surface area (Å²) < 4.78 is 22.3. The zero-order valence-electron chi connectivity index (χ0n) is 8.82. The maximum Gasteiger partial charge on any atom is 0.323 e. The summed E-state index contributed by atoms with van der Waals surface area (Å²) in [7, 11) is -3.01. The molecule has 0 amide bonds. The zero-order valence-corrected chi connectivity index (χ0v) is 9.64. The van der Waals surface area contributed by atoms with Gasteiger partial charge in [-0.25, -0.2) is 8.42 Å².